The summed E-state index contributed by atoms with van der Waals surface area (Å²) in [7, 11) is 0. The van der Waals surface area contributed by atoms with Gasteiger partial charge in [-0.2, -0.15) is 13.2 Å². The molecule has 3 atom stereocenters. The predicted molar refractivity (Wildman–Crippen MR) is 110 cm³/mol. The highest BCUT2D eigenvalue weighted by Gasteiger charge is 2.35. The summed E-state index contributed by atoms with van der Waals surface area (Å²) in [6.45, 7) is 10.4. The molecule has 1 amide bonds. The number of likely N-dealkylation sites (tertiary alicyclic amines) is 1. The number of amides is 1. The van der Waals surface area contributed by atoms with Gasteiger partial charge >= 0.3 is 6.18 Å². The number of hydrogen-bond acceptors (Lipinski definition) is 4. The Labute approximate surface area is 176 Å². The number of benzene rings is 1. The van der Waals surface area contributed by atoms with Crippen molar-refractivity contribution in [2.45, 2.75) is 58.0 Å². The van der Waals surface area contributed by atoms with Gasteiger partial charge in [-0.25, -0.2) is 0 Å². The third-order valence-electron chi connectivity index (χ3n) is 6.08. The summed E-state index contributed by atoms with van der Waals surface area (Å²) in [5, 5.41) is 2.48. The predicted octanol–water partition coefficient (Wildman–Crippen LogP) is 3.85. The molecule has 0 spiro atoms. The van der Waals surface area contributed by atoms with Crippen molar-refractivity contribution < 1.29 is 22.7 Å². The molecule has 1 aromatic rings. The van der Waals surface area contributed by atoms with Gasteiger partial charge in [-0.1, -0.05) is 12.1 Å². The molecule has 0 radical (unpaired) electrons. The number of alkyl halides is 3. The highest BCUT2D eigenvalue weighted by atomic mass is 19.4. The van der Waals surface area contributed by atoms with E-state index >= 15 is 0 Å². The Kier molecular flexibility index (Phi) is 7.42. The second-order valence-corrected chi connectivity index (χ2v) is 8.66. The summed E-state index contributed by atoms with van der Waals surface area (Å²) in [5.74, 6) is 0.168. The zero-order chi connectivity index (χ0) is 21.9. The largest absolute Gasteiger partial charge is 0.418 e. The van der Waals surface area contributed by atoms with E-state index in [4.69, 9.17) is 4.74 Å². The van der Waals surface area contributed by atoms with Gasteiger partial charge in [0.05, 0.1) is 29.5 Å². The van der Waals surface area contributed by atoms with Crippen LogP contribution < -0.4 is 5.32 Å². The molecule has 2 fully saturated rings. The number of nitrogens with zero attached hydrogens (tertiary/aromatic N) is 2. The Morgan fingerprint density at radius 2 is 1.77 bits per heavy atom. The Hall–Kier alpha value is -1.64. The summed E-state index contributed by atoms with van der Waals surface area (Å²) >= 11 is 0. The van der Waals surface area contributed by atoms with Crippen molar-refractivity contribution >= 4 is 11.6 Å². The lowest BCUT2D eigenvalue weighted by Crippen LogP contribution is -2.50. The quantitative estimate of drug-likeness (QED) is 0.775. The van der Waals surface area contributed by atoms with Crippen molar-refractivity contribution in [3.8, 4) is 0 Å². The maximum absolute atomic E-state index is 13.2. The second kappa shape index (κ2) is 9.66. The van der Waals surface area contributed by atoms with Gasteiger partial charge in [0.1, 0.15) is 0 Å². The van der Waals surface area contributed by atoms with Crippen LogP contribution in [0.4, 0.5) is 18.9 Å². The molecular weight excluding hydrogens is 395 g/mol. The number of para-hydroxylation sites is 1. The molecule has 1 N–H and O–H groups in total. The van der Waals surface area contributed by atoms with Gasteiger partial charge in [-0.15, -0.1) is 0 Å². The van der Waals surface area contributed by atoms with Gasteiger partial charge in [0, 0.05) is 19.6 Å². The topological polar surface area (TPSA) is 44.8 Å². The average molecular weight is 428 g/mol. The summed E-state index contributed by atoms with van der Waals surface area (Å²) in [6, 6.07) is 4.62. The van der Waals surface area contributed by atoms with Crippen molar-refractivity contribution in [2.75, 3.05) is 38.0 Å². The van der Waals surface area contributed by atoms with E-state index in [1.165, 1.54) is 18.2 Å². The second-order valence-electron chi connectivity index (χ2n) is 8.66. The molecule has 0 aliphatic carbocycles. The Morgan fingerprint density at radius 3 is 2.37 bits per heavy atom. The molecule has 0 bridgehead atoms. The average Bonchev–Trinajstić information content (AvgIpc) is 2.67. The van der Waals surface area contributed by atoms with Crippen molar-refractivity contribution in [1.29, 1.82) is 0 Å². The van der Waals surface area contributed by atoms with Gasteiger partial charge in [0.15, 0.2) is 0 Å². The number of hydrogen-bond donors (Lipinski definition) is 1. The third-order valence-corrected chi connectivity index (χ3v) is 6.08. The lowest BCUT2D eigenvalue weighted by atomic mass is 9.94. The zero-order valence-corrected chi connectivity index (χ0v) is 17.9. The van der Waals surface area contributed by atoms with Crippen molar-refractivity contribution in [3.63, 3.8) is 0 Å². The van der Waals surface area contributed by atoms with Gasteiger partial charge < -0.3 is 10.1 Å². The molecule has 8 heteroatoms. The zero-order valence-electron chi connectivity index (χ0n) is 17.9. The van der Waals surface area contributed by atoms with Crippen LogP contribution in [0.1, 0.15) is 39.2 Å². The van der Waals surface area contributed by atoms with Crippen LogP contribution in [0.2, 0.25) is 0 Å². The molecule has 2 saturated heterocycles. The first-order valence-electron chi connectivity index (χ1n) is 10.7. The summed E-state index contributed by atoms with van der Waals surface area (Å²) in [6.07, 6.45) is -2.04. The van der Waals surface area contributed by atoms with E-state index in [0.29, 0.717) is 5.92 Å². The van der Waals surface area contributed by atoms with Crippen molar-refractivity contribution in [3.05, 3.63) is 29.8 Å². The number of morpholine rings is 1. The summed E-state index contributed by atoms with van der Waals surface area (Å²) in [5.41, 5.74) is -1.01. The van der Waals surface area contributed by atoms with Gasteiger partial charge in [0.2, 0.25) is 5.91 Å². The third kappa shape index (κ3) is 5.95. The fraction of sp³-hybridized carbons (Fsp3) is 0.682. The molecule has 30 heavy (non-hydrogen) atoms. The number of halogens is 3. The molecule has 2 aliphatic rings. The first-order chi connectivity index (χ1) is 14.1. The fourth-order valence-electron chi connectivity index (χ4n) is 4.56. The number of ether oxygens (including phenoxy) is 1. The lowest BCUT2D eigenvalue weighted by Gasteiger charge is -2.40. The molecule has 3 unspecified atom stereocenters. The van der Waals surface area contributed by atoms with E-state index < -0.39 is 23.7 Å². The Bertz CT molecular complexity index is 710. The number of piperidine rings is 1. The highest BCUT2D eigenvalue weighted by molar-refractivity contribution is 5.95. The molecule has 1 aromatic carbocycles. The molecule has 3 rings (SSSR count). The number of carbonyl (C=O) groups excluding carboxylic acids is 1. The van der Waals surface area contributed by atoms with Crippen molar-refractivity contribution in [1.82, 2.24) is 9.80 Å². The van der Waals surface area contributed by atoms with Crippen LogP contribution in [0.15, 0.2) is 24.3 Å². The first kappa shape index (κ1) is 23.0. The van der Waals surface area contributed by atoms with E-state index in [1.807, 2.05) is 0 Å². The van der Waals surface area contributed by atoms with Crippen LogP contribution in [0.25, 0.3) is 0 Å². The van der Waals surface area contributed by atoms with Crippen LogP contribution in [-0.4, -0.2) is 66.7 Å². The van der Waals surface area contributed by atoms with Crippen molar-refractivity contribution in [2.24, 2.45) is 5.92 Å². The van der Waals surface area contributed by atoms with E-state index in [-0.39, 0.29) is 17.9 Å². The van der Waals surface area contributed by atoms with E-state index in [1.54, 1.807) is 6.92 Å². The first-order valence-corrected chi connectivity index (χ1v) is 10.7. The van der Waals surface area contributed by atoms with E-state index in [2.05, 4.69) is 29.0 Å². The normalized spacial score (nSPS) is 25.8. The van der Waals surface area contributed by atoms with E-state index in [9.17, 15) is 18.0 Å². The molecule has 0 saturated carbocycles. The molecular formula is C22H32F3N3O2. The maximum Gasteiger partial charge on any atom is 0.418 e. The van der Waals surface area contributed by atoms with Crippen LogP contribution >= 0.6 is 0 Å². The van der Waals surface area contributed by atoms with Crippen LogP contribution in [0.5, 0.6) is 0 Å². The Morgan fingerprint density at radius 1 is 1.17 bits per heavy atom. The lowest BCUT2D eigenvalue weighted by molar-refractivity contribution is -0.137. The summed E-state index contributed by atoms with van der Waals surface area (Å²) < 4.78 is 45.3. The molecule has 0 aromatic heterocycles. The molecule has 5 nitrogen and oxygen atoms in total. The number of rotatable bonds is 5. The minimum atomic E-state index is -4.50. The molecule has 168 valence electrons. The number of nitrogens with one attached hydrogen (secondary N) is 1. The number of carbonyl (C=O) groups is 1. The van der Waals surface area contributed by atoms with E-state index in [0.717, 1.165) is 51.6 Å². The van der Waals surface area contributed by atoms with Crippen LogP contribution in [0, 0.1) is 5.92 Å². The standard InChI is InChI=1S/C22H32F3N3O2/c1-15-12-27(13-16(2)30-15)14-18-8-10-28(11-9-18)17(3)21(29)26-20-7-5-4-6-19(20)22(23,24)25/h4-7,15-18H,8-14H2,1-3H3,(H,26,29). The molecule has 2 aliphatic heterocycles. The number of anilines is 1. The maximum atomic E-state index is 13.2. The van der Waals surface area contributed by atoms with Gasteiger partial charge in [-0.05, 0) is 64.8 Å². The monoisotopic (exact) mass is 427 g/mol. The smallest absolute Gasteiger partial charge is 0.373 e. The fourth-order valence-corrected chi connectivity index (χ4v) is 4.56. The molecule has 2 heterocycles. The summed E-state index contributed by atoms with van der Waals surface area (Å²) in [4.78, 5) is 17.1. The SMILES string of the molecule is CC1CN(CC2CCN(C(C)C(=O)Nc3ccccc3C(F)(F)F)CC2)CC(C)O1. The van der Waals surface area contributed by atoms with Crippen LogP contribution in [0.3, 0.4) is 0 Å². The van der Waals surface area contributed by atoms with Crippen LogP contribution in [-0.2, 0) is 15.7 Å². The minimum absolute atomic E-state index is 0.188. The van der Waals surface area contributed by atoms with Gasteiger partial charge in [-0.3, -0.25) is 14.6 Å². The highest BCUT2D eigenvalue weighted by Crippen LogP contribution is 2.34. The minimum Gasteiger partial charge on any atom is -0.373 e. The van der Waals surface area contributed by atoms with Gasteiger partial charge in [0.25, 0.3) is 0 Å². The Balaban J connectivity index is 1.50.